The lowest BCUT2D eigenvalue weighted by atomic mass is 9.99. The van der Waals surface area contributed by atoms with Crippen molar-refractivity contribution in [3.05, 3.63) is 35.5 Å². The fourth-order valence-electron chi connectivity index (χ4n) is 2.68. The highest BCUT2D eigenvalue weighted by molar-refractivity contribution is 5.32. The molecule has 0 amide bonds. The topological polar surface area (TPSA) is 55.6 Å². The Bertz CT molecular complexity index is 601. The van der Waals surface area contributed by atoms with Crippen molar-refractivity contribution in [3.8, 4) is 5.82 Å². The van der Waals surface area contributed by atoms with Crippen molar-refractivity contribution in [1.29, 1.82) is 0 Å². The van der Waals surface area contributed by atoms with Gasteiger partial charge in [0.15, 0.2) is 5.82 Å². The van der Waals surface area contributed by atoms with Crippen molar-refractivity contribution >= 4 is 0 Å². The summed E-state index contributed by atoms with van der Waals surface area (Å²) in [5.74, 6) is 1.45. The van der Waals surface area contributed by atoms with E-state index in [1.807, 2.05) is 10.7 Å². The van der Waals surface area contributed by atoms with Gasteiger partial charge in [-0.3, -0.25) is 0 Å². The second kappa shape index (κ2) is 5.93. The van der Waals surface area contributed by atoms with Gasteiger partial charge in [0.2, 0.25) is 0 Å². The number of hydrogen-bond acceptors (Lipinski definition) is 4. The zero-order valence-corrected chi connectivity index (χ0v) is 13.0. The molecular formula is C16H23N5. The summed E-state index contributed by atoms with van der Waals surface area (Å²) < 4.78 is 1.92. The van der Waals surface area contributed by atoms with Crippen LogP contribution in [0.5, 0.6) is 0 Å². The van der Waals surface area contributed by atoms with Gasteiger partial charge in [0.1, 0.15) is 6.33 Å². The molecule has 0 spiro atoms. The number of nitrogens with one attached hydrogen (secondary N) is 1. The molecule has 1 aliphatic rings. The van der Waals surface area contributed by atoms with E-state index in [1.165, 1.54) is 24.1 Å². The van der Waals surface area contributed by atoms with Crippen LogP contribution >= 0.6 is 0 Å². The van der Waals surface area contributed by atoms with Crippen molar-refractivity contribution in [1.82, 2.24) is 25.1 Å². The third kappa shape index (κ3) is 3.29. The number of aryl methyl sites for hydroxylation is 1. The van der Waals surface area contributed by atoms with E-state index in [9.17, 15) is 0 Å². The Labute approximate surface area is 125 Å². The molecule has 21 heavy (non-hydrogen) atoms. The molecule has 2 aromatic heterocycles. The van der Waals surface area contributed by atoms with E-state index in [1.54, 1.807) is 12.5 Å². The summed E-state index contributed by atoms with van der Waals surface area (Å²) in [5.41, 5.74) is 3.63. The van der Waals surface area contributed by atoms with Crippen LogP contribution in [0.2, 0.25) is 0 Å². The number of hydrogen-bond donors (Lipinski definition) is 1. The summed E-state index contributed by atoms with van der Waals surface area (Å²) in [6, 6.07) is 2.67. The first kappa shape index (κ1) is 14.2. The summed E-state index contributed by atoms with van der Waals surface area (Å²) in [5, 5.41) is 8.25. The van der Waals surface area contributed by atoms with E-state index in [0.717, 1.165) is 30.5 Å². The molecule has 2 aromatic rings. The summed E-state index contributed by atoms with van der Waals surface area (Å²) in [7, 11) is 0. The van der Waals surface area contributed by atoms with Crippen LogP contribution in [0.25, 0.3) is 5.82 Å². The minimum absolute atomic E-state index is 0.617. The Hall–Kier alpha value is -1.75. The standard InChI is InChI=1S/C16H23N5/c1-11(9-18-14-4-5-14)8-15-12(2)20-21(13(15)3)16-6-7-17-10-19-16/h6-7,10-11,14,18H,4-5,8-9H2,1-3H3. The maximum Gasteiger partial charge on any atom is 0.156 e. The first-order chi connectivity index (χ1) is 10.1. The molecule has 0 bridgehead atoms. The summed E-state index contributed by atoms with van der Waals surface area (Å²) in [6.07, 6.45) is 7.06. The molecule has 2 heterocycles. The highest BCUT2D eigenvalue weighted by Crippen LogP contribution is 2.22. The van der Waals surface area contributed by atoms with E-state index in [4.69, 9.17) is 0 Å². The zero-order valence-electron chi connectivity index (χ0n) is 13.0. The molecule has 0 aliphatic heterocycles. The highest BCUT2D eigenvalue weighted by Gasteiger charge is 2.22. The van der Waals surface area contributed by atoms with Gasteiger partial charge in [-0.2, -0.15) is 5.10 Å². The molecule has 5 heteroatoms. The third-order valence-electron chi connectivity index (χ3n) is 4.11. The smallest absolute Gasteiger partial charge is 0.156 e. The van der Waals surface area contributed by atoms with Crippen LogP contribution in [0, 0.1) is 19.8 Å². The van der Waals surface area contributed by atoms with Crippen molar-refractivity contribution < 1.29 is 0 Å². The van der Waals surface area contributed by atoms with Gasteiger partial charge in [0.05, 0.1) is 5.69 Å². The first-order valence-corrected chi connectivity index (χ1v) is 7.70. The van der Waals surface area contributed by atoms with Gasteiger partial charge in [-0.1, -0.05) is 6.92 Å². The normalized spacial score (nSPS) is 16.1. The molecule has 1 aliphatic carbocycles. The van der Waals surface area contributed by atoms with E-state index >= 15 is 0 Å². The average molecular weight is 285 g/mol. The Morgan fingerprint density at radius 1 is 1.38 bits per heavy atom. The summed E-state index contributed by atoms with van der Waals surface area (Å²) in [6.45, 7) is 7.60. The van der Waals surface area contributed by atoms with Crippen LogP contribution < -0.4 is 5.32 Å². The molecule has 1 unspecified atom stereocenters. The Morgan fingerprint density at radius 2 is 2.19 bits per heavy atom. The third-order valence-corrected chi connectivity index (χ3v) is 4.11. The fraction of sp³-hybridized carbons (Fsp3) is 0.562. The molecule has 112 valence electrons. The van der Waals surface area contributed by atoms with Gasteiger partial charge in [0, 0.05) is 24.0 Å². The van der Waals surface area contributed by atoms with E-state index in [2.05, 4.69) is 41.2 Å². The summed E-state index contributed by atoms with van der Waals surface area (Å²) in [4.78, 5) is 8.25. The van der Waals surface area contributed by atoms with Crippen molar-refractivity contribution in [2.45, 2.75) is 46.1 Å². The van der Waals surface area contributed by atoms with E-state index in [0.29, 0.717) is 5.92 Å². The SMILES string of the molecule is Cc1nn(-c2ccncn2)c(C)c1CC(C)CNC1CC1. The van der Waals surface area contributed by atoms with Crippen LogP contribution in [0.4, 0.5) is 0 Å². The minimum Gasteiger partial charge on any atom is -0.314 e. The molecule has 1 fully saturated rings. The minimum atomic E-state index is 0.617. The summed E-state index contributed by atoms with van der Waals surface area (Å²) >= 11 is 0. The number of aromatic nitrogens is 4. The van der Waals surface area contributed by atoms with Crippen LogP contribution in [0.1, 0.15) is 36.7 Å². The number of rotatable bonds is 6. The van der Waals surface area contributed by atoms with E-state index < -0.39 is 0 Å². The quantitative estimate of drug-likeness (QED) is 0.884. The van der Waals surface area contributed by atoms with Crippen molar-refractivity contribution in [2.75, 3.05) is 6.54 Å². The molecule has 1 N–H and O–H groups in total. The monoisotopic (exact) mass is 285 g/mol. The highest BCUT2D eigenvalue weighted by atomic mass is 15.3. The van der Waals surface area contributed by atoms with Gasteiger partial charge in [-0.15, -0.1) is 0 Å². The largest absolute Gasteiger partial charge is 0.314 e. The average Bonchev–Trinajstić information content (AvgIpc) is 3.28. The van der Waals surface area contributed by atoms with Crippen LogP contribution in [0.3, 0.4) is 0 Å². The van der Waals surface area contributed by atoms with Gasteiger partial charge in [-0.05, 0) is 51.1 Å². The molecule has 1 atom stereocenters. The molecule has 5 nitrogen and oxygen atoms in total. The van der Waals surface area contributed by atoms with Gasteiger partial charge >= 0.3 is 0 Å². The fourth-order valence-corrected chi connectivity index (χ4v) is 2.68. The second-order valence-corrected chi connectivity index (χ2v) is 6.12. The first-order valence-electron chi connectivity index (χ1n) is 7.70. The maximum atomic E-state index is 4.65. The van der Waals surface area contributed by atoms with Gasteiger partial charge in [0.25, 0.3) is 0 Å². The predicted molar refractivity (Wildman–Crippen MR) is 82.5 cm³/mol. The molecule has 0 radical (unpaired) electrons. The van der Waals surface area contributed by atoms with Gasteiger partial charge in [-0.25, -0.2) is 14.6 Å². The molecular weight excluding hydrogens is 262 g/mol. The second-order valence-electron chi connectivity index (χ2n) is 6.12. The number of nitrogens with zero attached hydrogens (tertiary/aromatic N) is 4. The lowest BCUT2D eigenvalue weighted by molar-refractivity contribution is 0.507. The maximum absolute atomic E-state index is 4.65. The Balaban J connectivity index is 1.74. The predicted octanol–water partition coefficient (Wildman–Crippen LogP) is 2.21. The molecule has 0 saturated heterocycles. The lowest BCUT2D eigenvalue weighted by Gasteiger charge is -2.12. The van der Waals surface area contributed by atoms with Crippen LogP contribution in [0.15, 0.2) is 18.6 Å². The van der Waals surface area contributed by atoms with Gasteiger partial charge < -0.3 is 5.32 Å². The van der Waals surface area contributed by atoms with Crippen LogP contribution in [-0.4, -0.2) is 32.3 Å². The van der Waals surface area contributed by atoms with Crippen LogP contribution in [-0.2, 0) is 6.42 Å². The Kier molecular flexibility index (Phi) is 4.01. The van der Waals surface area contributed by atoms with Crippen molar-refractivity contribution in [3.63, 3.8) is 0 Å². The molecule has 0 aromatic carbocycles. The Morgan fingerprint density at radius 3 is 2.86 bits per heavy atom. The van der Waals surface area contributed by atoms with E-state index in [-0.39, 0.29) is 0 Å². The zero-order chi connectivity index (χ0) is 14.8. The lowest BCUT2D eigenvalue weighted by Crippen LogP contribution is -2.24. The molecule has 1 saturated carbocycles. The van der Waals surface area contributed by atoms with Crippen molar-refractivity contribution in [2.24, 2.45) is 5.92 Å². The molecule has 3 rings (SSSR count).